The minimum Gasteiger partial charge on any atom is -0.507 e. The molecule has 0 saturated heterocycles. The normalized spacial score (nSPS) is 7.67. The summed E-state index contributed by atoms with van der Waals surface area (Å²) in [7, 11) is 0. The number of benzene rings is 1. The number of rotatable bonds is 1. The third kappa shape index (κ3) is 3.18. The van der Waals surface area contributed by atoms with Crippen molar-refractivity contribution >= 4 is 5.97 Å². The summed E-state index contributed by atoms with van der Waals surface area (Å²) in [6.07, 6.45) is 0. The molecule has 4 heteroatoms. The van der Waals surface area contributed by atoms with Gasteiger partial charge in [0.25, 0.3) is 0 Å². The van der Waals surface area contributed by atoms with E-state index in [2.05, 4.69) is 0 Å². The first-order valence-corrected chi connectivity index (χ1v) is 2.73. The Kier molecular flexibility index (Phi) is 6.91. The molecule has 0 unspecified atom stereocenters. The summed E-state index contributed by atoms with van der Waals surface area (Å²) in [5.74, 6) is -1.31. The van der Waals surface area contributed by atoms with E-state index in [-0.39, 0.29) is 44.9 Å². The van der Waals surface area contributed by atoms with Crippen LogP contribution in [0.4, 0.5) is 0 Å². The fourth-order valence-electron chi connectivity index (χ4n) is 0.654. The summed E-state index contributed by atoms with van der Waals surface area (Å²) in [4.78, 5) is 10.3. The molecule has 64 valence electrons. The Morgan fingerprint density at radius 3 is 2.08 bits per heavy atom. The molecule has 0 aliphatic carbocycles. The first kappa shape index (κ1) is 13.9. The Labute approximate surface area is 90.2 Å². The molecule has 1 aromatic carbocycles. The summed E-state index contributed by atoms with van der Waals surface area (Å²) < 4.78 is 0. The molecule has 0 aliphatic rings. The van der Waals surface area contributed by atoms with Crippen LogP contribution in [-0.2, 0) is 26.2 Å². The van der Waals surface area contributed by atoms with Crippen molar-refractivity contribution in [2.45, 2.75) is 0 Å². The molecular weight excluding hydrogens is 235 g/mol. The Balaban J connectivity index is 0. The van der Waals surface area contributed by atoms with Crippen LogP contribution in [0.3, 0.4) is 0 Å². The van der Waals surface area contributed by atoms with Crippen molar-refractivity contribution in [3.05, 3.63) is 37.3 Å². The van der Waals surface area contributed by atoms with Gasteiger partial charge in [0.05, 0.1) is 0 Å². The largest absolute Gasteiger partial charge is 0.507 e. The third-order valence-electron chi connectivity index (χ3n) is 1.13. The van der Waals surface area contributed by atoms with E-state index in [0.29, 0.717) is 0 Å². The molecule has 0 aliphatic heterocycles. The third-order valence-corrected chi connectivity index (χ3v) is 1.13. The SMILES string of the molecule is O=C(O)c1ccccc1O.[CH3-].[Zr]. The van der Waals surface area contributed by atoms with Gasteiger partial charge in [-0.25, -0.2) is 4.79 Å². The minimum absolute atomic E-state index is 0. The van der Waals surface area contributed by atoms with Crippen LogP contribution in [0, 0.1) is 7.43 Å². The van der Waals surface area contributed by atoms with Crippen molar-refractivity contribution in [2.75, 3.05) is 0 Å². The van der Waals surface area contributed by atoms with Gasteiger partial charge in [0.2, 0.25) is 0 Å². The van der Waals surface area contributed by atoms with Gasteiger partial charge in [-0.15, -0.1) is 0 Å². The van der Waals surface area contributed by atoms with Gasteiger partial charge >= 0.3 is 5.97 Å². The van der Waals surface area contributed by atoms with Crippen molar-refractivity contribution in [3.63, 3.8) is 0 Å². The number of carboxylic acids is 1. The summed E-state index contributed by atoms with van der Waals surface area (Å²) in [6, 6.07) is 5.81. The Morgan fingerprint density at radius 1 is 1.25 bits per heavy atom. The fraction of sp³-hybridized carbons (Fsp3) is 0. The first-order valence-electron chi connectivity index (χ1n) is 2.73. The van der Waals surface area contributed by atoms with Crippen molar-refractivity contribution < 1.29 is 41.2 Å². The van der Waals surface area contributed by atoms with Crippen molar-refractivity contribution in [3.8, 4) is 5.75 Å². The minimum atomic E-state index is -1.11. The van der Waals surface area contributed by atoms with Crippen LogP contribution < -0.4 is 0 Å². The molecule has 0 aromatic heterocycles. The van der Waals surface area contributed by atoms with Gasteiger partial charge in [-0.2, -0.15) is 0 Å². The van der Waals surface area contributed by atoms with Gasteiger partial charge in [-0.1, -0.05) is 12.1 Å². The van der Waals surface area contributed by atoms with Crippen molar-refractivity contribution in [1.82, 2.24) is 0 Å². The van der Waals surface area contributed by atoms with E-state index in [1.807, 2.05) is 0 Å². The Hall–Kier alpha value is -0.627. The van der Waals surface area contributed by atoms with Gasteiger partial charge < -0.3 is 17.6 Å². The van der Waals surface area contributed by atoms with Crippen molar-refractivity contribution in [2.24, 2.45) is 0 Å². The molecule has 0 bridgehead atoms. The quantitative estimate of drug-likeness (QED) is 0.737. The zero-order chi connectivity index (χ0) is 7.56. The molecule has 3 nitrogen and oxygen atoms in total. The Bertz CT molecular complexity index is 260. The number of aromatic hydroxyl groups is 1. The Morgan fingerprint density at radius 2 is 1.75 bits per heavy atom. The van der Waals surface area contributed by atoms with Crippen LogP contribution in [0.15, 0.2) is 24.3 Å². The summed E-state index contributed by atoms with van der Waals surface area (Å²) in [6.45, 7) is 0. The molecular formula is C8H9O3Zr-. The van der Waals surface area contributed by atoms with Crippen molar-refractivity contribution in [1.29, 1.82) is 0 Å². The maximum atomic E-state index is 10.3. The molecule has 2 N–H and O–H groups in total. The predicted molar refractivity (Wildman–Crippen MR) is 41.5 cm³/mol. The number of phenols is 1. The molecule has 12 heavy (non-hydrogen) atoms. The van der Waals surface area contributed by atoms with E-state index in [0.717, 1.165) is 0 Å². The molecule has 0 heterocycles. The second kappa shape index (κ2) is 5.95. The van der Waals surface area contributed by atoms with E-state index < -0.39 is 5.97 Å². The molecule has 1 rings (SSSR count). The predicted octanol–water partition coefficient (Wildman–Crippen LogP) is 1.54. The molecule has 0 amide bonds. The molecule has 1 aromatic rings. The molecule has 0 fully saturated rings. The maximum absolute atomic E-state index is 10.3. The number of carbonyl (C=O) groups is 1. The van der Waals surface area contributed by atoms with E-state index in [1.165, 1.54) is 12.1 Å². The van der Waals surface area contributed by atoms with Crippen LogP contribution in [0.5, 0.6) is 5.75 Å². The fourth-order valence-corrected chi connectivity index (χ4v) is 0.654. The van der Waals surface area contributed by atoms with Crippen LogP contribution in [-0.4, -0.2) is 16.2 Å². The van der Waals surface area contributed by atoms with Gasteiger partial charge in [-0.3, -0.25) is 0 Å². The number of aromatic carboxylic acids is 1. The molecule has 0 radical (unpaired) electrons. The molecule has 0 saturated carbocycles. The maximum Gasteiger partial charge on any atom is 0.339 e. The van der Waals surface area contributed by atoms with E-state index in [9.17, 15) is 4.79 Å². The summed E-state index contributed by atoms with van der Waals surface area (Å²) >= 11 is 0. The zero-order valence-electron chi connectivity index (χ0n) is 6.61. The summed E-state index contributed by atoms with van der Waals surface area (Å²) in [5, 5.41) is 17.3. The van der Waals surface area contributed by atoms with Gasteiger partial charge in [0.15, 0.2) is 0 Å². The van der Waals surface area contributed by atoms with E-state index in [1.54, 1.807) is 12.1 Å². The molecule has 0 spiro atoms. The standard InChI is InChI=1S/C7H6O3.CH3.Zr/c8-6-4-2-1-3-5(6)7(9)10;;/h1-4,8H,(H,9,10);1H3;/q;-1;. The van der Waals surface area contributed by atoms with Crippen LogP contribution >= 0.6 is 0 Å². The van der Waals surface area contributed by atoms with Crippen LogP contribution in [0.1, 0.15) is 10.4 Å². The topological polar surface area (TPSA) is 57.5 Å². The van der Waals surface area contributed by atoms with E-state index in [4.69, 9.17) is 10.2 Å². The molecule has 0 atom stereocenters. The number of carboxylic acid groups (broad SMARTS) is 1. The second-order valence-corrected chi connectivity index (χ2v) is 1.82. The second-order valence-electron chi connectivity index (χ2n) is 1.82. The average Bonchev–Trinajstić information content (AvgIpc) is 1.88. The van der Waals surface area contributed by atoms with Crippen LogP contribution in [0.2, 0.25) is 0 Å². The number of hydrogen-bond donors (Lipinski definition) is 2. The smallest absolute Gasteiger partial charge is 0.339 e. The first-order chi connectivity index (χ1) is 4.72. The average molecular weight is 244 g/mol. The van der Waals surface area contributed by atoms with Gasteiger partial charge in [0.1, 0.15) is 11.3 Å². The number of para-hydroxylation sites is 1. The van der Waals surface area contributed by atoms with Crippen LogP contribution in [0.25, 0.3) is 0 Å². The van der Waals surface area contributed by atoms with E-state index >= 15 is 0 Å². The summed E-state index contributed by atoms with van der Waals surface area (Å²) in [5.41, 5.74) is -0.0671. The van der Waals surface area contributed by atoms with Gasteiger partial charge in [0, 0.05) is 26.2 Å². The monoisotopic (exact) mass is 243 g/mol. The number of hydrogen-bond acceptors (Lipinski definition) is 2. The van der Waals surface area contributed by atoms with Gasteiger partial charge in [-0.05, 0) is 12.1 Å². The zero-order valence-corrected chi connectivity index (χ0v) is 9.07.